The van der Waals surface area contributed by atoms with E-state index < -0.39 is 0 Å². The zero-order valence-electron chi connectivity index (χ0n) is 18.0. The van der Waals surface area contributed by atoms with E-state index >= 15 is 0 Å². The zero-order chi connectivity index (χ0) is 21.2. The van der Waals surface area contributed by atoms with Crippen LogP contribution in [0, 0.1) is 6.33 Å². The summed E-state index contributed by atoms with van der Waals surface area (Å²) in [6.07, 6.45) is 6.01. The van der Waals surface area contributed by atoms with Gasteiger partial charge in [-0.25, -0.2) is 0 Å². The Morgan fingerprint density at radius 2 is 1.44 bits per heavy atom. The number of nitrogens with zero attached hydrogens (tertiary/aromatic N) is 3. The first-order valence-corrected chi connectivity index (χ1v) is 11.5. The molecular weight excluding hydrogens is 390 g/mol. The Hall–Kier alpha value is -3.85. The van der Waals surface area contributed by atoms with Crippen molar-refractivity contribution in [1.82, 2.24) is 8.97 Å². The molecule has 0 N–H and O–H groups in total. The average molecular weight is 414 g/mol. The van der Waals surface area contributed by atoms with Crippen molar-refractivity contribution in [2.45, 2.75) is 26.3 Å². The van der Waals surface area contributed by atoms with Crippen LogP contribution in [0.15, 0.2) is 84.9 Å². The number of para-hydroxylation sites is 4. The van der Waals surface area contributed by atoms with Gasteiger partial charge < -0.3 is 13.5 Å². The van der Waals surface area contributed by atoms with Gasteiger partial charge >= 0.3 is 0 Å². The van der Waals surface area contributed by atoms with Crippen LogP contribution in [0.25, 0.3) is 54.8 Å². The first-order valence-electron chi connectivity index (χ1n) is 11.5. The predicted molar refractivity (Wildman–Crippen MR) is 132 cm³/mol. The molecular formula is C29H23N3. The van der Waals surface area contributed by atoms with Crippen LogP contribution in [0.4, 0.5) is 0 Å². The average Bonchev–Trinajstić information content (AvgIpc) is 3.50. The minimum atomic E-state index is 0.985. The summed E-state index contributed by atoms with van der Waals surface area (Å²) in [6, 6.07) is 30.8. The molecule has 0 atom stereocenters. The Bertz CT molecular complexity index is 1770. The van der Waals surface area contributed by atoms with E-state index in [9.17, 15) is 0 Å². The van der Waals surface area contributed by atoms with Gasteiger partial charge in [0, 0.05) is 27.1 Å². The van der Waals surface area contributed by atoms with Gasteiger partial charge in [-0.3, -0.25) is 0 Å². The maximum absolute atomic E-state index is 3.68. The van der Waals surface area contributed by atoms with Gasteiger partial charge in [0.15, 0.2) is 0 Å². The summed E-state index contributed by atoms with van der Waals surface area (Å²) in [4.78, 5) is 0. The summed E-state index contributed by atoms with van der Waals surface area (Å²) in [6.45, 7) is 3.22. The van der Waals surface area contributed by atoms with Crippen molar-refractivity contribution >= 4 is 49.1 Å². The highest BCUT2D eigenvalue weighted by atomic mass is 15.1. The van der Waals surface area contributed by atoms with E-state index in [1.54, 1.807) is 0 Å². The largest absolute Gasteiger partial charge is 0.319 e. The fourth-order valence-corrected chi connectivity index (χ4v) is 5.43. The molecule has 0 fully saturated rings. The van der Waals surface area contributed by atoms with Crippen LogP contribution in [0.5, 0.6) is 0 Å². The van der Waals surface area contributed by atoms with E-state index in [2.05, 4.69) is 112 Å². The number of fused-ring (bicyclic) bond motifs is 7. The van der Waals surface area contributed by atoms with Gasteiger partial charge in [-0.1, -0.05) is 86.1 Å². The van der Waals surface area contributed by atoms with Gasteiger partial charge in [0.05, 0.1) is 34.3 Å². The molecule has 4 aromatic carbocycles. The van der Waals surface area contributed by atoms with Crippen molar-refractivity contribution in [3.63, 3.8) is 0 Å². The van der Waals surface area contributed by atoms with Crippen molar-refractivity contribution in [2.75, 3.05) is 0 Å². The Morgan fingerprint density at radius 1 is 0.719 bits per heavy atom. The van der Waals surface area contributed by atoms with Gasteiger partial charge in [0.1, 0.15) is 0 Å². The number of hydrogen-bond donors (Lipinski definition) is 0. The molecule has 154 valence electrons. The molecule has 3 heteroatoms. The van der Waals surface area contributed by atoms with Crippen molar-refractivity contribution in [3.8, 4) is 5.69 Å². The molecule has 0 aliphatic carbocycles. The van der Waals surface area contributed by atoms with Crippen LogP contribution < -0.4 is 4.57 Å². The number of benzene rings is 4. The van der Waals surface area contributed by atoms with Gasteiger partial charge in [-0.2, -0.15) is 0 Å². The second kappa shape index (κ2) is 6.57. The van der Waals surface area contributed by atoms with Crippen LogP contribution in [0.1, 0.15) is 19.8 Å². The molecule has 0 unspecified atom stereocenters. The van der Waals surface area contributed by atoms with E-state index in [1.165, 1.54) is 61.2 Å². The van der Waals surface area contributed by atoms with Crippen molar-refractivity contribution in [2.24, 2.45) is 0 Å². The second-order valence-electron chi connectivity index (χ2n) is 8.65. The SMILES string of the molecule is CCCC[n+]1[c-]n(-c2cccc3c2c2cccc4c5ccccc5n3c42)c2ccccc21. The van der Waals surface area contributed by atoms with Crippen LogP contribution >= 0.6 is 0 Å². The molecule has 32 heavy (non-hydrogen) atoms. The van der Waals surface area contributed by atoms with Crippen LogP contribution in [-0.2, 0) is 6.54 Å². The Morgan fingerprint density at radius 3 is 2.34 bits per heavy atom. The smallest absolute Gasteiger partial charge is 0.244 e. The molecule has 3 nitrogen and oxygen atoms in total. The van der Waals surface area contributed by atoms with Crippen molar-refractivity contribution in [1.29, 1.82) is 0 Å². The molecule has 0 radical (unpaired) electrons. The van der Waals surface area contributed by atoms with Gasteiger partial charge in [0.2, 0.25) is 6.33 Å². The highest BCUT2D eigenvalue weighted by Crippen LogP contribution is 2.41. The lowest BCUT2D eigenvalue weighted by Gasteiger charge is -2.08. The first kappa shape index (κ1) is 17.8. The number of unbranched alkanes of at least 4 members (excludes halogenated alkanes) is 1. The third kappa shape index (κ3) is 2.23. The summed E-state index contributed by atoms with van der Waals surface area (Å²) in [5.74, 6) is 0. The van der Waals surface area contributed by atoms with E-state index in [-0.39, 0.29) is 0 Å². The topological polar surface area (TPSA) is 13.2 Å². The van der Waals surface area contributed by atoms with E-state index in [0.29, 0.717) is 0 Å². The fraction of sp³-hybridized carbons (Fsp3) is 0.138. The van der Waals surface area contributed by atoms with Crippen molar-refractivity contribution < 1.29 is 4.57 Å². The quantitative estimate of drug-likeness (QED) is 0.226. The molecule has 0 aliphatic heterocycles. The number of imidazole rings is 1. The molecule has 3 heterocycles. The predicted octanol–water partition coefficient (Wildman–Crippen LogP) is 6.67. The van der Waals surface area contributed by atoms with Gasteiger partial charge in [0.25, 0.3) is 0 Å². The highest BCUT2D eigenvalue weighted by Gasteiger charge is 2.20. The van der Waals surface area contributed by atoms with Crippen LogP contribution in [0.2, 0.25) is 0 Å². The summed E-state index contributed by atoms with van der Waals surface area (Å²) >= 11 is 0. The monoisotopic (exact) mass is 413 g/mol. The maximum Gasteiger partial charge on any atom is 0.244 e. The Balaban J connectivity index is 1.63. The minimum Gasteiger partial charge on any atom is -0.319 e. The van der Waals surface area contributed by atoms with Crippen LogP contribution in [-0.4, -0.2) is 8.97 Å². The van der Waals surface area contributed by atoms with Gasteiger partial charge in [-0.15, -0.1) is 0 Å². The normalized spacial score (nSPS) is 12.3. The van der Waals surface area contributed by atoms with Crippen LogP contribution in [0.3, 0.4) is 0 Å². The molecule has 0 aliphatic rings. The lowest BCUT2D eigenvalue weighted by Crippen LogP contribution is -2.32. The fourth-order valence-electron chi connectivity index (χ4n) is 5.43. The maximum atomic E-state index is 3.68. The third-order valence-corrected chi connectivity index (χ3v) is 6.84. The number of hydrogen-bond acceptors (Lipinski definition) is 0. The standard InChI is InChI=1S/C29H23N3/c1-2-3-18-30-19-31(25-15-7-6-14-24(25)30)26-16-9-17-27-28(26)22-12-8-11-21-20-10-4-5-13-23(20)32(27)29(21)22/h4-17H,2-3,18H2,1H3. The number of rotatable bonds is 4. The van der Waals surface area contributed by atoms with E-state index in [4.69, 9.17) is 0 Å². The van der Waals surface area contributed by atoms with Gasteiger partial charge in [-0.05, 0) is 18.6 Å². The molecule has 7 rings (SSSR count). The molecule has 0 bridgehead atoms. The summed E-state index contributed by atoms with van der Waals surface area (Å²) in [5, 5.41) is 5.23. The summed E-state index contributed by atoms with van der Waals surface area (Å²) in [7, 11) is 0. The number of aryl methyl sites for hydroxylation is 1. The summed E-state index contributed by atoms with van der Waals surface area (Å²) < 4.78 is 6.98. The van der Waals surface area contributed by atoms with Crippen molar-refractivity contribution in [3.05, 3.63) is 91.3 Å². The second-order valence-corrected chi connectivity index (χ2v) is 8.65. The Labute approximate surface area is 186 Å². The first-order chi connectivity index (χ1) is 15.9. The Kier molecular flexibility index (Phi) is 3.65. The minimum absolute atomic E-state index is 0.985. The van der Waals surface area contributed by atoms with E-state index in [1.807, 2.05) is 0 Å². The highest BCUT2D eigenvalue weighted by molar-refractivity contribution is 6.24. The molecule has 3 aromatic heterocycles. The number of aromatic nitrogens is 3. The molecule has 0 saturated carbocycles. The molecule has 0 saturated heterocycles. The summed E-state index contributed by atoms with van der Waals surface area (Å²) in [5.41, 5.74) is 7.46. The molecule has 7 aromatic rings. The zero-order valence-corrected chi connectivity index (χ0v) is 18.0. The lowest BCUT2D eigenvalue weighted by atomic mass is 10.1. The third-order valence-electron chi connectivity index (χ3n) is 6.84. The van der Waals surface area contributed by atoms with E-state index in [0.717, 1.165) is 13.0 Å². The lowest BCUT2D eigenvalue weighted by molar-refractivity contribution is -0.676. The molecule has 0 amide bonds. The molecule has 0 spiro atoms.